The lowest BCUT2D eigenvalue weighted by Crippen LogP contribution is -2.37. The van der Waals surface area contributed by atoms with E-state index in [0.29, 0.717) is 26.4 Å². The number of thiophene rings is 1. The standard InChI is InChI=1S/C20H20Cl2N2O4S2/c1-2-27-19(26)17-12-5-3-4-6-15(12)30-18(17)24-20(29)23-16(25)10-28-14-8-7-11(21)9-13(14)22/h7-9H,2-6,10H2,1H3,(H2,23,24,25,29). The van der Waals surface area contributed by atoms with E-state index in [4.69, 9.17) is 44.9 Å². The molecule has 1 aliphatic carbocycles. The number of carbonyl (C=O) groups excluding carboxylic acids is 2. The smallest absolute Gasteiger partial charge is 0.341 e. The molecule has 30 heavy (non-hydrogen) atoms. The molecule has 1 aliphatic rings. The summed E-state index contributed by atoms with van der Waals surface area (Å²) in [5.74, 6) is -0.502. The van der Waals surface area contributed by atoms with E-state index in [2.05, 4.69) is 10.6 Å². The Balaban J connectivity index is 1.63. The van der Waals surface area contributed by atoms with Gasteiger partial charge in [0.05, 0.1) is 17.2 Å². The number of hydrogen-bond acceptors (Lipinski definition) is 6. The number of fused-ring (bicyclic) bond motifs is 1. The highest BCUT2D eigenvalue weighted by Gasteiger charge is 2.27. The highest BCUT2D eigenvalue weighted by Crippen LogP contribution is 2.38. The molecule has 0 aliphatic heterocycles. The number of thiocarbonyl (C=S) groups is 1. The molecule has 3 rings (SSSR count). The first-order valence-corrected chi connectivity index (χ1v) is 11.4. The number of halogens is 2. The lowest BCUT2D eigenvalue weighted by molar-refractivity contribution is -0.121. The van der Waals surface area contributed by atoms with Gasteiger partial charge in [0.2, 0.25) is 0 Å². The minimum absolute atomic E-state index is 0.0787. The Bertz CT molecular complexity index is 978. The number of hydrogen-bond donors (Lipinski definition) is 2. The zero-order chi connectivity index (χ0) is 21.7. The van der Waals surface area contributed by atoms with Gasteiger partial charge in [0, 0.05) is 9.90 Å². The van der Waals surface area contributed by atoms with Gasteiger partial charge in [-0.1, -0.05) is 23.2 Å². The third-order valence-electron chi connectivity index (χ3n) is 4.38. The zero-order valence-corrected chi connectivity index (χ0v) is 19.3. The van der Waals surface area contributed by atoms with Gasteiger partial charge < -0.3 is 14.8 Å². The minimum Gasteiger partial charge on any atom is -0.482 e. The SMILES string of the molecule is CCOC(=O)c1c(NC(=S)NC(=O)COc2ccc(Cl)cc2Cl)sc2c1CCCC2. The van der Waals surface area contributed by atoms with E-state index in [9.17, 15) is 9.59 Å². The molecule has 0 spiro atoms. The van der Waals surface area contributed by atoms with Crippen molar-refractivity contribution in [2.75, 3.05) is 18.5 Å². The molecule has 1 heterocycles. The summed E-state index contributed by atoms with van der Waals surface area (Å²) >= 11 is 18.6. The van der Waals surface area contributed by atoms with Crippen LogP contribution in [0.2, 0.25) is 10.0 Å². The molecular weight excluding hydrogens is 467 g/mol. The van der Waals surface area contributed by atoms with Crippen LogP contribution in [-0.2, 0) is 22.4 Å². The predicted octanol–water partition coefficient (Wildman–Crippen LogP) is 5.00. The maximum atomic E-state index is 12.5. The molecule has 2 aromatic rings. The fraction of sp³-hybridized carbons (Fsp3) is 0.350. The number of ether oxygens (including phenoxy) is 2. The van der Waals surface area contributed by atoms with E-state index in [1.165, 1.54) is 17.4 Å². The molecule has 0 radical (unpaired) electrons. The van der Waals surface area contributed by atoms with Gasteiger partial charge in [-0.25, -0.2) is 4.79 Å². The second-order valence-corrected chi connectivity index (χ2v) is 8.86. The van der Waals surface area contributed by atoms with Gasteiger partial charge in [-0.15, -0.1) is 11.3 Å². The number of aryl methyl sites for hydroxylation is 1. The molecule has 0 saturated heterocycles. The largest absolute Gasteiger partial charge is 0.482 e. The van der Waals surface area contributed by atoms with Crippen LogP contribution in [0.5, 0.6) is 5.75 Å². The maximum absolute atomic E-state index is 12.5. The van der Waals surface area contributed by atoms with Crippen molar-refractivity contribution in [1.82, 2.24) is 5.32 Å². The molecule has 0 fully saturated rings. The van der Waals surface area contributed by atoms with Crippen molar-refractivity contribution in [3.63, 3.8) is 0 Å². The van der Waals surface area contributed by atoms with Crippen LogP contribution in [0, 0.1) is 0 Å². The summed E-state index contributed by atoms with van der Waals surface area (Å²) in [6.07, 6.45) is 3.86. The van der Waals surface area contributed by atoms with Crippen LogP contribution in [0.25, 0.3) is 0 Å². The first-order valence-electron chi connectivity index (χ1n) is 9.39. The van der Waals surface area contributed by atoms with Crippen molar-refractivity contribution in [2.24, 2.45) is 0 Å². The molecular formula is C20H20Cl2N2O4S2. The van der Waals surface area contributed by atoms with Gasteiger partial charge in [-0.2, -0.15) is 0 Å². The zero-order valence-electron chi connectivity index (χ0n) is 16.2. The van der Waals surface area contributed by atoms with Gasteiger partial charge in [0.25, 0.3) is 5.91 Å². The third-order valence-corrected chi connectivity index (χ3v) is 6.33. The summed E-state index contributed by atoms with van der Waals surface area (Å²) in [6, 6.07) is 4.72. The van der Waals surface area contributed by atoms with E-state index in [1.807, 2.05) is 0 Å². The fourth-order valence-corrected chi connectivity index (χ4v) is 5.13. The van der Waals surface area contributed by atoms with Crippen LogP contribution >= 0.6 is 46.8 Å². The van der Waals surface area contributed by atoms with Crippen molar-refractivity contribution in [1.29, 1.82) is 0 Å². The molecule has 0 unspecified atom stereocenters. The maximum Gasteiger partial charge on any atom is 0.341 e. The van der Waals surface area contributed by atoms with Crippen LogP contribution in [0.4, 0.5) is 5.00 Å². The van der Waals surface area contributed by atoms with E-state index >= 15 is 0 Å². The second-order valence-electron chi connectivity index (χ2n) is 6.50. The summed E-state index contributed by atoms with van der Waals surface area (Å²) in [5.41, 5.74) is 1.53. The average Bonchev–Trinajstić information content (AvgIpc) is 3.05. The first kappa shape index (κ1) is 22.8. The highest BCUT2D eigenvalue weighted by atomic mass is 35.5. The molecule has 0 saturated carbocycles. The number of carbonyl (C=O) groups is 2. The average molecular weight is 487 g/mol. The van der Waals surface area contributed by atoms with Crippen LogP contribution in [0.15, 0.2) is 18.2 Å². The van der Waals surface area contributed by atoms with Gasteiger partial charge in [-0.05, 0) is 68.6 Å². The van der Waals surface area contributed by atoms with Gasteiger partial charge in [-0.3, -0.25) is 10.1 Å². The molecule has 6 nitrogen and oxygen atoms in total. The monoisotopic (exact) mass is 486 g/mol. The summed E-state index contributed by atoms with van der Waals surface area (Å²) in [4.78, 5) is 25.8. The Hall–Kier alpha value is -1.87. The van der Waals surface area contributed by atoms with Crippen molar-refractivity contribution in [3.05, 3.63) is 44.2 Å². The van der Waals surface area contributed by atoms with Crippen LogP contribution in [0.1, 0.15) is 40.6 Å². The fourth-order valence-electron chi connectivity index (χ4n) is 3.11. The Morgan fingerprint density at radius 1 is 1.23 bits per heavy atom. The van der Waals surface area contributed by atoms with E-state index in [1.54, 1.807) is 19.1 Å². The highest BCUT2D eigenvalue weighted by molar-refractivity contribution is 7.80. The topological polar surface area (TPSA) is 76.7 Å². The molecule has 1 aromatic carbocycles. The van der Waals surface area contributed by atoms with Gasteiger partial charge in [0.1, 0.15) is 10.8 Å². The van der Waals surface area contributed by atoms with Crippen molar-refractivity contribution >= 4 is 68.7 Å². The van der Waals surface area contributed by atoms with E-state index in [-0.39, 0.29) is 24.3 Å². The van der Waals surface area contributed by atoms with Crippen LogP contribution in [-0.4, -0.2) is 30.2 Å². The van der Waals surface area contributed by atoms with Crippen molar-refractivity contribution < 1.29 is 19.1 Å². The molecule has 1 amide bonds. The Labute approximate surface area is 193 Å². The lowest BCUT2D eigenvalue weighted by atomic mass is 9.95. The molecule has 0 atom stereocenters. The molecule has 2 N–H and O–H groups in total. The minimum atomic E-state index is -0.461. The van der Waals surface area contributed by atoms with Gasteiger partial charge in [0.15, 0.2) is 11.7 Å². The summed E-state index contributed by atoms with van der Waals surface area (Å²) in [5, 5.41) is 6.97. The van der Waals surface area contributed by atoms with E-state index < -0.39 is 5.91 Å². The lowest BCUT2D eigenvalue weighted by Gasteiger charge is -2.13. The van der Waals surface area contributed by atoms with Gasteiger partial charge >= 0.3 is 5.97 Å². The summed E-state index contributed by atoms with van der Waals surface area (Å²) in [7, 11) is 0. The molecule has 160 valence electrons. The molecule has 10 heteroatoms. The predicted molar refractivity (Wildman–Crippen MR) is 123 cm³/mol. The normalized spacial score (nSPS) is 12.6. The number of anilines is 1. The Morgan fingerprint density at radius 3 is 2.73 bits per heavy atom. The number of nitrogens with one attached hydrogen (secondary N) is 2. The summed E-state index contributed by atoms with van der Waals surface area (Å²) in [6.45, 7) is 1.77. The van der Waals surface area contributed by atoms with Crippen LogP contribution < -0.4 is 15.4 Å². The Kier molecular flexibility index (Phi) is 7.93. The second kappa shape index (κ2) is 10.4. The van der Waals surface area contributed by atoms with Crippen LogP contribution in [0.3, 0.4) is 0 Å². The molecule has 1 aromatic heterocycles. The number of rotatable bonds is 6. The third kappa shape index (κ3) is 5.63. The van der Waals surface area contributed by atoms with Crippen molar-refractivity contribution in [2.45, 2.75) is 32.6 Å². The number of esters is 1. The van der Waals surface area contributed by atoms with E-state index in [0.717, 1.165) is 36.1 Å². The molecule has 0 bridgehead atoms. The quantitative estimate of drug-likeness (QED) is 0.441. The summed E-state index contributed by atoms with van der Waals surface area (Å²) < 4.78 is 10.6. The van der Waals surface area contributed by atoms with Crippen molar-refractivity contribution in [3.8, 4) is 5.75 Å². The number of amides is 1. The first-order chi connectivity index (χ1) is 14.4. The Morgan fingerprint density at radius 2 is 2.00 bits per heavy atom. The number of benzene rings is 1.